The number of rotatable bonds is 7. The van der Waals surface area contributed by atoms with Crippen LogP contribution in [0.5, 0.6) is 0 Å². The molecule has 0 radical (unpaired) electrons. The average Bonchev–Trinajstić information content (AvgIpc) is 3.38. The molecule has 1 aromatic carbocycles. The summed E-state index contributed by atoms with van der Waals surface area (Å²) in [4.78, 5) is 30.4. The van der Waals surface area contributed by atoms with Gasteiger partial charge in [-0.1, -0.05) is 69.2 Å². The lowest BCUT2D eigenvalue weighted by Gasteiger charge is -2.60. The monoisotopic (exact) mass is 501 g/mol. The Labute approximate surface area is 220 Å². The molecule has 37 heavy (non-hydrogen) atoms. The van der Waals surface area contributed by atoms with Crippen LogP contribution in [0.3, 0.4) is 0 Å². The van der Waals surface area contributed by atoms with Crippen LogP contribution in [0.4, 0.5) is 0 Å². The van der Waals surface area contributed by atoms with E-state index < -0.39 is 22.3 Å². The second-order valence-corrected chi connectivity index (χ2v) is 12.3. The van der Waals surface area contributed by atoms with E-state index in [2.05, 4.69) is 50.0 Å². The molecule has 1 aromatic rings. The van der Waals surface area contributed by atoms with Gasteiger partial charge in [-0.2, -0.15) is 0 Å². The zero-order valence-corrected chi connectivity index (χ0v) is 22.4. The first kappa shape index (κ1) is 23.7. The van der Waals surface area contributed by atoms with Crippen molar-refractivity contribution < 1.29 is 19.1 Å². The van der Waals surface area contributed by atoms with Gasteiger partial charge in [0.1, 0.15) is 5.60 Å². The quantitative estimate of drug-likeness (QED) is 0.406. The van der Waals surface area contributed by atoms with E-state index in [4.69, 9.17) is 9.47 Å². The number of amides is 1. The van der Waals surface area contributed by atoms with Crippen molar-refractivity contribution in [3.63, 3.8) is 0 Å². The molecule has 5 heteroatoms. The maximum Gasteiger partial charge on any atom is 0.337 e. The number of esters is 1. The summed E-state index contributed by atoms with van der Waals surface area (Å²) < 4.78 is 14.5. The van der Waals surface area contributed by atoms with Crippen molar-refractivity contribution in [2.45, 2.75) is 108 Å². The van der Waals surface area contributed by atoms with E-state index in [0.717, 1.165) is 80.9 Å². The van der Waals surface area contributed by atoms with Crippen molar-refractivity contribution in [2.75, 3.05) is 0 Å². The highest BCUT2D eigenvalue weighted by molar-refractivity contribution is 6.03. The number of likely N-dealkylation sites (tertiary alicyclic amines) is 1. The van der Waals surface area contributed by atoms with Crippen molar-refractivity contribution in [2.24, 2.45) is 17.3 Å². The number of fused-ring (bicyclic) bond motifs is 1. The van der Waals surface area contributed by atoms with Crippen LogP contribution in [-0.2, 0) is 19.1 Å². The van der Waals surface area contributed by atoms with Crippen molar-refractivity contribution in [3.05, 3.63) is 59.2 Å². The van der Waals surface area contributed by atoms with Gasteiger partial charge in [0, 0.05) is 11.5 Å². The van der Waals surface area contributed by atoms with Gasteiger partial charge in [0.15, 0.2) is 11.3 Å². The summed E-state index contributed by atoms with van der Waals surface area (Å²) in [5, 5.41) is 0. The highest BCUT2D eigenvalue weighted by atomic mass is 16.6. The Morgan fingerprint density at radius 1 is 1.08 bits per heavy atom. The molecule has 0 unspecified atom stereocenters. The van der Waals surface area contributed by atoms with Crippen LogP contribution in [0.15, 0.2) is 53.6 Å². The minimum Gasteiger partial charge on any atom is -0.451 e. The van der Waals surface area contributed by atoms with Crippen LogP contribution in [0.2, 0.25) is 0 Å². The third-order valence-electron chi connectivity index (χ3n) is 10.9. The van der Waals surface area contributed by atoms with Gasteiger partial charge in [0.05, 0.1) is 17.0 Å². The fourth-order valence-electron chi connectivity index (χ4n) is 9.85. The fraction of sp³-hybridized carbons (Fsp3) is 0.625. The van der Waals surface area contributed by atoms with Crippen LogP contribution in [-0.4, -0.2) is 33.7 Å². The molecule has 3 saturated heterocycles. The molecule has 1 saturated carbocycles. The molecule has 0 N–H and O–H groups in total. The van der Waals surface area contributed by atoms with Crippen LogP contribution in [0.25, 0.3) is 0 Å². The van der Waals surface area contributed by atoms with Crippen molar-refractivity contribution in [3.8, 4) is 0 Å². The van der Waals surface area contributed by atoms with Gasteiger partial charge in [-0.05, 0) is 69.8 Å². The zero-order chi connectivity index (χ0) is 25.6. The van der Waals surface area contributed by atoms with Crippen molar-refractivity contribution in [1.29, 1.82) is 0 Å². The smallest absolute Gasteiger partial charge is 0.337 e. The first-order valence-electron chi connectivity index (χ1n) is 14.7. The summed E-state index contributed by atoms with van der Waals surface area (Å²) in [6, 6.07) is 10.2. The van der Waals surface area contributed by atoms with Gasteiger partial charge in [0.25, 0.3) is 5.91 Å². The molecule has 0 aromatic heterocycles. The Morgan fingerprint density at radius 2 is 1.89 bits per heavy atom. The van der Waals surface area contributed by atoms with E-state index in [1.165, 1.54) is 0 Å². The van der Waals surface area contributed by atoms with Gasteiger partial charge in [0.2, 0.25) is 0 Å². The Morgan fingerprint density at radius 3 is 2.65 bits per heavy atom. The third kappa shape index (κ3) is 2.43. The summed E-state index contributed by atoms with van der Waals surface area (Å²) in [7, 11) is 0. The normalized spacial score (nSPS) is 41.6. The molecule has 196 valence electrons. The summed E-state index contributed by atoms with van der Waals surface area (Å²) >= 11 is 0. The van der Waals surface area contributed by atoms with Crippen molar-refractivity contribution >= 4 is 11.9 Å². The minimum absolute atomic E-state index is 0.0885. The first-order valence-corrected chi connectivity index (χ1v) is 14.7. The molecule has 8 rings (SSSR count). The number of benzene rings is 1. The molecule has 4 fully saturated rings. The van der Waals surface area contributed by atoms with Crippen LogP contribution >= 0.6 is 0 Å². The van der Waals surface area contributed by atoms with E-state index in [0.29, 0.717) is 0 Å². The molecular formula is C32H39NO4. The number of hydrogen-bond acceptors (Lipinski definition) is 4. The topological polar surface area (TPSA) is 55.8 Å². The van der Waals surface area contributed by atoms with E-state index >= 15 is 0 Å². The lowest BCUT2D eigenvalue weighted by Crippen LogP contribution is -2.69. The largest absolute Gasteiger partial charge is 0.451 e. The molecule has 3 heterocycles. The van der Waals surface area contributed by atoms with E-state index in [9.17, 15) is 9.59 Å². The molecule has 3 aliphatic heterocycles. The number of hydrogen-bond donors (Lipinski definition) is 0. The molecule has 7 atom stereocenters. The van der Waals surface area contributed by atoms with E-state index in [1.54, 1.807) is 0 Å². The Balaban J connectivity index is 1.54. The molecule has 2 bridgehead atoms. The highest BCUT2D eigenvalue weighted by Gasteiger charge is 2.93. The van der Waals surface area contributed by atoms with Crippen LogP contribution in [0.1, 0.15) is 96.6 Å². The molecule has 1 amide bonds. The molecular weight excluding hydrogens is 462 g/mol. The standard InChI is InChI=1S/C32H39NO4/c1-4-6-18-31-29-19-16-23(20-26(29)27(34)33(31)21(3)22-13-8-7-9-14-22)24(12-5-2)32(29)30(37-31)17-11-10-15-25(30)28(35)36-32/h7-9,13-15,20-21,23-24H,4-6,10-12,16-19H2,1-3H3/t21-,23-,24-,29+,30-,31+,32-/m1/s1. The average molecular weight is 502 g/mol. The number of allylic oxidation sites excluding steroid dienone is 2. The minimum atomic E-state index is -0.824. The summed E-state index contributed by atoms with van der Waals surface area (Å²) in [5.41, 5.74) is -0.296. The van der Waals surface area contributed by atoms with Crippen molar-refractivity contribution in [1.82, 2.24) is 4.90 Å². The first-order chi connectivity index (χ1) is 17.9. The third-order valence-corrected chi connectivity index (χ3v) is 10.9. The fourth-order valence-corrected chi connectivity index (χ4v) is 9.85. The van der Waals surface area contributed by atoms with Gasteiger partial charge in [-0.15, -0.1) is 0 Å². The van der Waals surface area contributed by atoms with E-state index in [-0.39, 0.29) is 29.8 Å². The predicted molar refractivity (Wildman–Crippen MR) is 140 cm³/mol. The lowest BCUT2D eigenvalue weighted by atomic mass is 9.42. The van der Waals surface area contributed by atoms with Gasteiger partial charge in [-0.3, -0.25) is 4.79 Å². The molecule has 3 spiro atoms. The number of nitrogens with zero attached hydrogens (tertiary/aromatic N) is 1. The molecule has 4 aliphatic carbocycles. The van der Waals surface area contributed by atoms with Gasteiger partial charge >= 0.3 is 5.97 Å². The summed E-state index contributed by atoms with van der Waals surface area (Å²) in [6.45, 7) is 6.59. The molecule has 5 nitrogen and oxygen atoms in total. The Hall–Kier alpha value is -2.40. The summed E-state index contributed by atoms with van der Waals surface area (Å²) in [6.07, 6.45) is 13.7. The lowest BCUT2D eigenvalue weighted by molar-refractivity contribution is -0.206. The number of carbonyl (C=O) groups is 2. The zero-order valence-electron chi connectivity index (χ0n) is 22.4. The Kier molecular flexibility index (Phi) is 5.00. The van der Waals surface area contributed by atoms with Gasteiger partial charge < -0.3 is 14.4 Å². The predicted octanol–water partition coefficient (Wildman–Crippen LogP) is 6.40. The maximum atomic E-state index is 14.6. The second kappa shape index (κ2) is 7.81. The number of ether oxygens (including phenoxy) is 2. The maximum absolute atomic E-state index is 14.6. The highest BCUT2D eigenvalue weighted by Crippen LogP contribution is 2.82. The Bertz CT molecular complexity index is 1220. The second-order valence-electron chi connectivity index (χ2n) is 12.3. The summed E-state index contributed by atoms with van der Waals surface area (Å²) in [5.74, 6) is 0.300. The van der Waals surface area contributed by atoms with E-state index in [1.807, 2.05) is 18.2 Å². The SMILES string of the molecule is CCCC[C@@]12O[C@]34CCCC=C3C(=O)O[C@@]43[C@H](CCC)[C@H]4C=C(C(=O)N1[C@H](C)c1ccccc1)[C@]32CC4. The number of carbonyl (C=O) groups excluding carboxylic acids is 2. The van der Waals surface area contributed by atoms with Crippen LogP contribution in [0, 0.1) is 17.3 Å². The molecule has 7 aliphatic rings. The van der Waals surface area contributed by atoms with Crippen LogP contribution < -0.4 is 0 Å². The van der Waals surface area contributed by atoms with Gasteiger partial charge in [-0.25, -0.2) is 4.79 Å². The number of unbranched alkanes of at least 4 members (excludes halogenated alkanes) is 1.